The Balaban J connectivity index is 2.32. The van der Waals surface area contributed by atoms with Crippen molar-refractivity contribution in [2.45, 2.75) is 0 Å². The van der Waals surface area contributed by atoms with E-state index in [1.165, 1.54) is 12.1 Å². The number of non-ortho nitro benzene ring substituents is 1. The van der Waals surface area contributed by atoms with E-state index in [4.69, 9.17) is 5.73 Å². The predicted molar refractivity (Wildman–Crippen MR) is 75.2 cm³/mol. The van der Waals surface area contributed by atoms with Crippen LogP contribution < -0.4 is 5.73 Å². The molecular formula is C14H9N3O5. The van der Waals surface area contributed by atoms with Crippen LogP contribution in [0.15, 0.2) is 30.3 Å². The van der Waals surface area contributed by atoms with Crippen molar-refractivity contribution in [2.24, 2.45) is 5.73 Å². The van der Waals surface area contributed by atoms with Crippen LogP contribution in [0.2, 0.25) is 0 Å². The molecule has 1 aliphatic heterocycles. The van der Waals surface area contributed by atoms with Crippen molar-refractivity contribution in [3.63, 3.8) is 0 Å². The lowest BCUT2D eigenvalue weighted by Gasteiger charge is -2.25. The molecule has 0 aliphatic carbocycles. The van der Waals surface area contributed by atoms with E-state index in [2.05, 4.69) is 0 Å². The summed E-state index contributed by atoms with van der Waals surface area (Å²) >= 11 is 0. The molecule has 2 N–H and O–H groups in total. The molecule has 2 aromatic rings. The smallest absolute Gasteiger partial charge is 0.270 e. The van der Waals surface area contributed by atoms with Crippen LogP contribution in [0, 0.1) is 10.1 Å². The molecule has 0 saturated heterocycles. The molecule has 110 valence electrons. The highest BCUT2D eigenvalue weighted by Crippen LogP contribution is 2.33. The SMILES string of the molecule is NC(=O)CN1C(=O)c2cccc3cc([N+](=O)[O-])cc(c23)C1=O. The molecule has 3 rings (SSSR count). The van der Waals surface area contributed by atoms with Gasteiger partial charge in [0, 0.05) is 23.1 Å². The zero-order valence-electron chi connectivity index (χ0n) is 11.1. The van der Waals surface area contributed by atoms with Crippen LogP contribution in [-0.4, -0.2) is 34.1 Å². The summed E-state index contributed by atoms with van der Waals surface area (Å²) in [5, 5.41) is 11.8. The summed E-state index contributed by atoms with van der Waals surface area (Å²) in [4.78, 5) is 46.8. The van der Waals surface area contributed by atoms with Crippen molar-refractivity contribution < 1.29 is 19.3 Å². The number of nitro benzene ring substituents is 1. The minimum Gasteiger partial charge on any atom is -0.368 e. The second-order valence-electron chi connectivity index (χ2n) is 4.82. The van der Waals surface area contributed by atoms with Gasteiger partial charge >= 0.3 is 0 Å². The summed E-state index contributed by atoms with van der Waals surface area (Å²) in [5.41, 5.74) is 5.01. The minimum absolute atomic E-state index is 0.0145. The van der Waals surface area contributed by atoms with Crippen LogP contribution in [0.5, 0.6) is 0 Å². The van der Waals surface area contributed by atoms with Crippen molar-refractivity contribution in [1.82, 2.24) is 4.90 Å². The first-order chi connectivity index (χ1) is 10.4. The molecule has 2 aromatic carbocycles. The number of hydrogen-bond acceptors (Lipinski definition) is 5. The molecule has 0 spiro atoms. The lowest BCUT2D eigenvalue weighted by molar-refractivity contribution is -0.384. The molecule has 1 aliphatic rings. The van der Waals surface area contributed by atoms with E-state index in [0.29, 0.717) is 15.7 Å². The Morgan fingerprint density at radius 3 is 2.50 bits per heavy atom. The molecule has 0 bridgehead atoms. The molecule has 0 saturated carbocycles. The molecular weight excluding hydrogens is 290 g/mol. The standard InChI is InChI=1S/C14H9N3O5/c15-11(18)6-16-13(19)9-3-1-2-7-4-8(17(21)22)5-10(12(7)9)14(16)20/h1-5H,6H2,(H2,15,18). The minimum atomic E-state index is -0.845. The normalized spacial score (nSPS) is 13.5. The molecule has 22 heavy (non-hydrogen) atoms. The van der Waals surface area contributed by atoms with Gasteiger partial charge in [-0.1, -0.05) is 12.1 Å². The number of hydrogen-bond donors (Lipinski definition) is 1. The van der Waals surface area contributed by atoms with Crippen molar-refractivity contribution in [1.29, 1.82) is 0 Å². The summed E-state index contributed by atoms with van der Waals surface area (Å²) < 4.78 is 0. The van der Waals surface area contributed by atoms with Crippen molar-refractivity contribution in [2.75, 3.05) is 6.54 Å². The highest BCUT2D eigenvalue weighted by atomic mass is 16.6. The molecule has 8 heteroatoms. The molecule has 8 nitrogen and oxygen atoms in total. The monoisotopic (exact) mass is 299 g/mol. The summed E-state index contributed by atoms with van der Waals surface area (Å²) in [6, 6.07) is 7.04. The second-order valence-corrected chi connectivity index (χ2v) is 4.82. The predicted octanol–water partition coefficient (Wildman–Crippen LogP) is 0.829. The Kier molecular flexibility index (Phi) is 2.87. The number of amides is 3. The Morgan fingerprint density at radius 2 is 1.86 bits per heavy atom. The van der Waals surface area contributed by atoms with Gasteiger partial charge in [-0.05, 0) is 11.5 Å². The number of primary amides is 1. The summed E-state index contributed by atoms with van der Waals surface area (Å²) in [6.45, 7) is -0.573. The van der Waals surface area contributed by atoms with Gasteiger partial charge in [-0.25, -0.2) is 0 Å². The molecule has 0 radical (unpaired) electrons. The highest BCUT2D eigenvalue weighted by molar-refractivity contribution is 6.26. The van der Waals surface area contributed by atoms with Gasteiger partial charge in [0.25, 0.3) is 17.5 Å². The lowest BCUT2D eigenvalue weighted by atomic mass is 9.93. The van der Waals surface area contributed by atoms with Crippen LogP contribution in [0.3, 0.4) is 0 Å². The van der Waals surface area contributed by atoms with E-state index in [-0.39, 0.29) is 16.8 Å². The number of benzene rings is 2. The third-order valence-corrected chi connectivity index (χ3v) is 3.44. The first kappa shape index (κ1) is 13.7. The van der Waals surface area contributed by atoms with Crippen LogP contribution in [0.4, 0.5) is 5.69 Å². The van der Waals surface area contributed by atoms with Crippen molar-refractivity contribution in [3.05, 3.63) is 51.6 Å². The van der Waals surface area contributed by atoms with Gasteiger partial charge in [0.2, 0.25) is 5.91 Å². The van der Waals surface area contributed by atoms with Crippen LogP contribution in [-0.2, 0) is 4.79 Å². The summed E-state index contributed by atoms with van der Waals surface area (Å²) in [5.74, 6) is -2.25. The highest BCUT2D eigenvalue weighted by Gasteiger charge is 2.34. The zero-order valence-corrected chi connectivity index (χ0v) is 11.1. The maximum Gasteiger partial charge on any atom is 0.270 e. The lowest BCUT2D eigenvalue weighted by Crippen LogP contribution is -2.45. The molecule has 0 fully saturated rings. The van der Waals surface area contributed by atoms with Gasteiger partial charge < -0.3 is 5.73 Å². The van der Waals surface area contributed by atoms with Crippen molar-refractivity contribution in [3.8, 4) is 0 Å². The molecule has 3 amide bonds. The number of carbonyl (C=O) groups excluding carboxylic acids is 3. The Hall–Kier alpha value is -3.29. The largest absolute Gasteiger partial charge is 0.368 e. The third kappa shape index (κ3) is 1.89. The fourth-order valence-electron chi connectivity index (χ4n) is 2.55. The maximum atomic E-state index is 12.4. The molecule has 0 atom stereocenters. The van der Waals surface area contributed by atoms with Crippen LogP contribution >= 0.6 is 0 Å². The quantitative estimate of drug-likeness (QED) is 0.510. The van der Waals surface area contributed by atoms with Crippen molar-refractivity contribution >= 4 is 34.2 Å². The fourth-order valence-corrected chi connectivity index (χ4v) is 2.55. The van der Waals surface area contributed by atoms with Gasteiger partial charge in [-0.2, -0.15) is 0 Å². The third-order valence-electron chi connectivity index (χ3n) is 3.44. The molecule has 0 aromatic heterocycles. The molecule has 0 unspecified atom stereocenters. The number of carbonyl (C=O) groups is 3. The van der Waals surface area contributed by atoms with Gasteiger partial charge in [0.15, 0.2) is 0 Å². The number of nitrogens with two attached hydrogens (primary N) is 1. The average Bonchev–Trinajstić information content (AvgIpc) is 2.48. The Morgan fingerprint density at radius 1 is 1.18 bits per heavy atom. The second kappa shape index (κ2) is 4.62. The van der Waals surface area contributed by atoms with Crippen LogP contribution in [0.1, 0.15) is 20.7 Å². The molecule has 1 heterocycles. The number of imide groups is 1. The van der Waals surface area contributed by atoms with Gasteiger partial charge in [0.1, 0.15) is 6.54 Å². The fraction of sp³-hybridized carbons (Fsp3) is 0.0714. The van der Waals surface area contributed by atoms with Gasteiger partial charge in [-0.3, -0.25) is 29.4 Å². The topological polar surface area (TPSA) is 124 Å². The van der Waals surface area contributed by atoms with E-state index in [9.17, 15) is 24.5 Å². The van der Waals surface area contributed by atoms with E-state index < -0.39 is 29.2 Å². The summed E-state index contributed by atoms with van der Waals surface area (Å²) in [6.07, 6.45) is 0. The Bertz CT molecular complexity index is 874. The zero-order chi connectivity index (χ0) is 16.0. The van der Waals surface area contributed by atoms with E-state index in [1.54, 1.807) is 12.1 Å². The number of nitrogens with zero attached hydrogens (tertiary/aromatic N) is 2. The van der Waals surface area contributed by atoms with E-state index in [1.807, 2.05) is 0 Å². The maximum absolute atomic E-state index is 12.4. The van der Waals surface area contributed by atoms with E-state index in [0.717, 1.165) is 6.07 Å². The summed E-state index contributed by atoms with van der Waals surface area (Å²) in [7, 11) is 0. The van der Waals surface area contributed by atoms with Gasteiger partial charge in [0.05, 0.1) is 10.5 Å². The number of rotatable bonds is 3. The first-order valence-corrected chi connectivity index (χ1v) is 6.26. The first-order valence-electron chi connectivity index (χ1n) is 6.26. The van der Waals surface area contributed by atoms with Crippen LogP contribution in [0.25, 0.3) is 10.8 Å². The average molecular weight is 299 g/mol. The van der Waals surface area contributed by atoms with Gasteiger partial charge in [-0.15, -0.1) is 0 Å². The Labute approximate surface area is 123 Å². The van der Waals surface area contributed by atoms with E-state index >= 15 is 0 Å². The number of nitro groups is 1.